The molecule has 30 heavy (non-hydrogen) atoms. The predicted octanol–water partition coefficient (Wildman–Crippen LogP) is 4.57. The number of carbonyl (C=O) groups is 2. The van der Waals surface area contributed by atoms with Crippen LogP contribution in [-0.2, 0) is 14.3 Å². The van der Waals surface area contributed by atoms with Crippen LogP contribution in [0, 0.1) is 0 Å². The van der Waals surface area contributed by atoms with Crippen LogP contribution in [0.3, 0.4) is 0 Å². The topological polar surface area (TPSA) is 55.8 Å². The lowest BCUT2D eigenvalue weighted by molar-refractivity contribution is -0.149. The molecular weight excluding hydrogens is 378 g/mol. The molecule has 0 saturated carbocycles. The van der Waals surface area contributed by atoms with Crippen molar-refractivity contribution in [1.82, 2.24) is 4.90 Å². The Morgan fingerprint density at radius 2 is 1.80 bits per heavy atom. The van der Waals surface area contributed by atoms with Crippen molar-refractivity contribution in [2.75, 3.05) is 20.3 Å². The fraction of sp³-hybridized carbons (Fsp3) is 0.360. The van der Waals surface area contributed by atoms with Gasteiger partial charge in [-0.25, -0.2) is 4.79 Å². The van der Waals surface area contributed by atoms with Gasteiger partial charge >= 0.3 is 5.97 Å². The van der Waals surface area contributed by atoms with Crippen LogP contribution in [0.2, 0.25) is 0 Å². The maximum Gasteiger partial charge on any atom is 0.339 e. The Morgan fingerprint density at radius 3 is 2.53 bits per heavy atom. The fourth-order valence-electron chi connectivity index (χ4n) is 3.86. The summed E-state index contributed by atoms with van der Waals surface area (Å²) in [5, 5.41) is 0. The minimum absolute atomic E-state index is 0.125. The highest BCUT2D eigenvalue weighted by Gasteiger charge is 2.26. The van der Waals surface area contributed by atoms with Gasteiger partial charge in [-0.1, -0.05) is 55.5 Å². The van der Waals surface area contributed by atoms with Crippen LogP contribution in [0.15, 0.2) is 54.6 Å². The minimum atomic E-state index is -0.523. The monoisotopic (exact) mass is 407 g/mol. The number of ether oxygens (including phenoxy) is 2. The van der Waals surface area contributed by atoms with Crippen LogP contribution >= 0.6 is 0 Å². The summed E-state index contributed by atoms with van der Waals surface area (Å²) >= 11 is 0. The Kier molecular flexibility index (Phi) is 7.66. The number of nitrogens with zero attached hydrogens (tertiary/aromatic N) is 1. The van der Waals surface area contributed by atoms with E-state index in [1.807, 2.05) is 59.5 Å². The molecule has 1 aliphatic rings. The van der Waals surface area contributed by atoms with E-state index in [4.69, 9.17) is 9.47 Å². The molecule has 158 valence electrons. The van der Waals surface area contributed by atoms with E-state index in [0.29, 0.717) is 11.3 Å². The molecule has 1 atom stereocenters. The van der Waals surface area contributed by atoms with Crippen LogP contribution < -0.4 is 4.74 Å². The molecule has 0 unspecified atom stereocenters. The molecule has 5 nitrogen and oxygen atoms in total. The number of esters is 1. The third-order valence-corrected chi connectivity index (χ3v) is 5.49. The fourth-order valence-corrected chi connectivity index (χ4v) is 3.86. The van der Waals surface area contributed by atoms with Crippen LogP contribution in [0.5, 0.6) is 5.75 Å². The first-order valence-electron chi connectivity index (χ1n) is 10.5. The number of para-hydroxylation sites is 1. The number of piperidine rings is 1. The van der Waals surface area contributed by atoms with Gasteiger partial charge in [-0.2, -0.15) is 0 Å². The normalized spacial score (nSPS) is 16.8. The van der Waals surface area contributed by atoms with E-state index in [1.165, 1.54) is 0 Å². The van der Waals surface area contributed by atoms with E-state index in [2.05, 4.69) is 6.92 Å². The largest absolute Gasteiger partial charge is 0.496 e. The first-order valence-corrected chi connectivity index (χ1v) is 10.5. The Bertz CT molecular complexity index is 891. The second kappa shape index (κ2) is 10.6. The number of hydrogen-bond donors (Lipinski definition) is 0. The highest BCUT2D eigenvalue weighted by Crippen LogP contribution is 2.26. The van der Waals surface area contributed by atoms with E-state index in [9.17, 15) is 9.59 Å². The molecule has 1 fully saturated rings. The number of carbonyl (C=O) groups excluding carboxylic acids is 2. The average Bonchev–Trinajstić information content (AvgIpc) is 2.81. The average molecular weight is 408 g/mol. The number of benzene rings is 2. The smallest absolute Gasteiger partial charge is 0.339 e. The van der Waals surface area contributed by atoms with Crippen molar-refractivity contribution in [2.24, 2.45) is 0 Å². The lowest BCUT2D eigenvalue weighted by atomic mass is 10.00. The molecule has 2 aromatic rings. The third kappa shape index (κ3) is 5.29. The number of likely N-dealkylation sites (tertiary alicyclic amines) is 1. The molecule has 0 aromatic heterocycles. The summed E-state index contributed by atoms with van der Waals surface area (Å²) in [5.41, 5.74) is 1.88. The van der Waals surface area contributed by atoms with Gasteiger partial charge < -0.3 is 14.4 Å². The van der Waals surface area contributed by atoms with Crippen molar-refractivity contribution >= 4 is 23.5 Å². The summed E-state index contributed by atoms with van der Waals surface area (Å²) in [6.07, 6.45) is 5.82. The van der Waals surface area contributed by atoms with Crippen molar-refractivity contribution in [2.45, 2.75) is 38.6 Å². The van der Waals surface area contributed by atoms with Crippen LogP contribution in [0.1, 0.15) is 43.7 Å². The zero-order chi connectivity index (χ0) is 21.3. The van der Waals surface area contributed by atoms with Crippen molar-refractivity contribution in [3.05, 3.63) is 65.7 Å². The van der Waals surface area contributed by atoms with Gasteiger partial charge in [-0.15, -0.1) is 0 Å². The van der Waals surface area contributed by atoms with Crippen molar-refractivity contribution in [3.8, 4) is 5.75 Å². The van der Waals surface area contributed by atoms with Gasteiger partial charge in [0.25, 0.3) is 5.91 Å². The van der Waals surface area contributed by atoms with Gasteiger partial charge in [0, 0.05) is 18.2 Å². The quantitative estimate of drug-likeness (QED) is 0.383. The molecule has 1 heterocycles. The van der Waals surface area contributed by atoms with Gasteiger partial charge in [0.2, 0.25) is 0 Å². The summed E-state index contributed by atoms with van der Waals surface area (Å²) in [5.74, 6) is 0.0130. The Hall–Kier alpha value is -3.08. The molecule has 0 radical (unpaired) electrons. The maximum atomic E-state index is 13.0. The number of amides is 1. The van der Waals surface area contributed by atoms with E-state index < -0.39 is 5.97 Å². The van der Waals surface area contributed by atoms with E-state index in [1.54, 1.807) is 13.2 Å². The summed E-state index contributed by atoms with van der Waals surface area (Å²) < 4.78 is 10.9. The summed E-state index contributed by atoms with van der Waals surface area (Å²) in [7, 11) is 1.59. The van der Waals surface area contributed by atoms with Gasteiger partial charge in [-0.05, 0) is 43.4 Å². The number of rotatable bonds is 7. The van der Waals surface area contributed by atoms with E-state index in [-0.39, 0.29) is 18.6 Å². The Balaban J connectivity index is 1.79. The van der Waals surface area contributed by atoms with Crippen LogP contribution in [0.4, 0.5) is 0 Å². The number of methoxy groups -OCH3 is 1. The Labute approximate surface area is 178 Å². The molecule has 3 rings (SSSR count). The molecule has 0 spiro atoms. The molecule has 2 aromatic carbocycles. The van der Waals surface area contributed by atoms with Gasteiger partial charge in [-0.3, -0.25) is 4.79 Å². The second-order valence-electron chi connectivity index (χ2n) is 7.39. The highest BCUT2D eigenvalue weighted by atomic mass is 16.5. The zero-order valence-electron chi connectivity index (χ0n) is 17.7. The molecule has 1 amide bonds. The van der Waals surface area contributed by atoms with Crippen LogP contribution in [0.25, 0.3) is 11.6 Å². The molecule has 5 heteroatoms. The number of hydrogen-bond acceptors (Lipinski definition) is 4. The first-order chi connectivity index (χ1) is 14.6. The molecular formula is C25H29NO4. The lowest BCUT2D eigenvalue weighted by Gasteiger charge is -2.35. The second-order valence-corrected chi connectivity index (χ2v) is 7.39. The summed E-state index contributed by atoms with van der Waals surface area (Å²) in [6, 6.07) is 17.0. The molecule has 0 aliphatic carbocycles. The standard InChI is InChI=1S/C25H29NO4/c1-3-21-14-9-10-16-26(21)24(27)18-30-25(28)22(19-11-5-4-6-12-19)17-20-13-7-8-15-23(20)29-2/h4-8,11-13,15,17,21H,3,9-10,14,16,18H2,1-2H3/b22-17+/t21-/m1/s1. The van der Waals surface area contributed by atoms with E-state index in [0.717, 1.165) is 43.4 Å². The molecule has 0 N–H and O–H groups in total. The Morgan fingerprint density at radius 1 is 1.07 bits per heavy atom. The van der Waals surface area contributed by atoms with Crippen LogP contribution in [-0.4, -0.2) is 43.1 Å². The minimum Gasteiger partial charge on any atom is -0.496 e. The predicted molar refractivity (Wildman–Crippen MR) is 118 cm³/mol. The lowest BCUT2D eigenvalue weighted by Crippen LogP contribution is -2.45. The summed E-state index contributed by atoms with van der Waals surface area (Å²) in [4.78, 5) is 27.5. The highest BCUT2D eigenvalue weighted by molar-refractivity contribution is 6.22. The van der Waals surface area contributed by atoms with Crippen molar-refractivity contribution < 1.29 is 19.1 Å². The first kappa shape index (κ1) is 21.6. The zero-order valence-corrected chi connectivity index (χ0v) is 17.7. The van der Waals surface area contributed by atoms with Gasteiger partial charge in [0.1, 0.15) is 5.75 Å². The third-order valence-electron chi connectivity index (χ3n) is 5.49. The molecule has 1 aliphatic heterocycles. The van der Waals surface area contributed by atoms with Crippen molar-refractivity contribution in [1.29, 1.82) is 0 Å². The summed E-state index contributed by atoms with van der Waals surface area (Å²) in [6.45, 7) is 2.58. The SMILES string of the molecule is CC[C@@H]1CCCCN1C(=O)COC(=O)/C(=C/c1ccccc1OC)c1ccccc1. The molecule has 0 bridgehead atoms. The van der Waals surface area contributed by atoms with E-state index >= 15 is 0 Å². The maximum absolute atomic E-state index is 13.0. The van der Waals surface area contributed by atoms with Gasteiger partial charge in [0.15, 0.2) is 6.61 Å². The van der Waals surface area contributed by atoms with Gasteiger partial charge in [0.05, 0.1) is 12.7 Å². The molecule has 1 saturated heterocycles. The van der Waals surface area contributed by atoms with Crippen molar-refractivity contribution in [3.63, 3.8) is 0 Å².